The van der Waals surface area contributed by atoms with Gasteiger partial charge in [-0.15, -0.1) is 0 Å². The van der Waals surface area contributed by atoms with E-state index in [4.69, 9.17) is 33.9 Å². The summed E-state index contributed by atoms with van der Waals surface area (Å²) in [6.45, 7) is 5.17. The van der Waals surface area contributed by atoms with E-state index in [1.165, 1.54) is 40.6 Å². The summed E-state index contributed by atoms with van der Waals surface area (Å²) in [5.41, 5.74) is 8.88. The lowest BCUT2D eigenvalue weighted by atomic mass is 10.1. The third-order valence-corrected chi connectivity index (χ3v) is 17.4. The van der Waals surface area contributed by atoms with E-state index >= 15 is 0 Å². The summed E-state index contributed by atoms with van der Waals surface area (Å²) >= 11 is 3.18. The number of nitrogens with one attached hydrogen (secondary N) is 1. The van der Waals surface area contributed by atoms with Crippen LogP contribution in [0.15, 0.2) is 237 Å². The summed E-state index contributed by atoms with van der Waals surface area (Å²) in [6.07, 6.45) is 5.15. The number of para-hydroxylation sites is 3. The summed E-state index contributed by atoms with van der Waals surface area (Å²) in [5.74, 6) is -1.41. The van der Waals surface area contributed by atoms with Gasteiger partial charge in [0.25, 0.3) is 0 Å². The van der Waals surface area contributed by atoms with Gasteiger partial charge in [0.2, 0.25) is 0 Å². The molecule has 0 saturated carbocycles. The van der Waals surface area contributed by atoms with Crippen LogP contribution in [0.2, 0.25) is 0 Å². The summed E-state index contributed by atoms with van der Waals surface area (Å²) in [7, 11) is 5.49. The number of carboxylic acids is 2. The topological polar surface area (TPSA) is 277 Å². The third-order valence-electron chi connectivity index (χ3n) is 16.9. The highest BCUT2D eigenvalue weighted by atomic mass is 79.9. The van der Waals surface area contributed by atoms with Crippen LogP contribution >= 0.6 is 15.9 Å². The van der Waals surface area contributed by atoms with Crippen molar-refractivity contribution in [3.8, 4) is 17.2 Å². The van der Waals surface area contributed by atoms with Crippen LogP contribution in [0.1, 0.15) is 153 Å². The molecule has 0 aliphatic heterocycles. The smallest absolute Gasteiger partial charge is 0.337 e. The number of methoxy groups -OCH3 is 4. The quantitative estimate of drug-likeness (QED) is 0.0106. The highest BCUT2D eigenvalue weighted by Crippen LogP contribution is 2.25. The second-order valence-corrected chi connectivity index (χ2v) is 25.7. The number of aliphatic carboxylic acids is 1. The second-order valence-electron chi connectivity index (χ2n) is 25.1. The summed E-state index contributed by atoms with van der Waals surface area (Å²) < 4.78 is 36.3. The normalized spacial score (nSPS) is 10.5. The molecule has 0 aromatic heterocycles. The van der Waals surface area contributed by atoms with Crippen molar-refractivity contribution in [2.24, 2.45) is 0 Å². The Bertz CT molecular complexity index is 4300. The lowest BCUT2D eigenvalue weighted by Crippen LogP contribution is -2.31. The van der Waals surface area contributed by atoms with Gasteiger partial charge in [-0.25, -0.2) is 14.4 Å². The Hall–Kier alpha value is -11.4. The van der Waals surface area contributed by atoms with Crippen molar-refractivity contribution in [1.29, 1.82) is 0 Å². The van der Waals surface area contributed by atoms with Gasteiger partial charge in [-0.2, -0.15) is 0 Å². The molecule has 3 N–H and O–H groups in total. The minimum atomic E-state index is -0.996. The van der Waals surface area contributed by atoms with Crippen LogP contribution in [0.3, 0.4) is 0 Å². The van der Waals surface area contributed by atoms with Crippen molar-refractivity contribution < 1.29 is 86.5 Å². The van der Waals surface area contributed by atoms with Crippen molar-refractivity contribution in [1.82, 2.24) is 15.1 Å². The number of ketones is 3. The van der Waals surface area contributed by atoms with Gasteiger partial charge in [0.05, 0.1) is 80.2 Å². The van der Waals surface area contributed by atoms with E-state index in [0.717, 1.165) is 65.7 Å². The van der Waals surface area contributed by atoms with Crippen LogP contribution in [0, 0.1) is 0 Å². The molecular weight excluding hydrogens is 1470 g/mol. The lowest BCUT2D eigenvalue weighted by molar-refractivity contribution is -0.141. The van der Waals surface area contributed by atoms with Crippen LogP contribution in [0.5, 0.6) is 17.2 Å². The number of benzene rings is 9. The van der Waals surface area contributed by atoms with Crippen molar-refractivity contribution in [2.75, 3.05) is 66.5 Å². The highest BCUT2D eigenvalue weighted by molar-refractivity contribution is 9.09. The van der Waals surface area contributed by atoms with Crippen molar-refractivity contribution in [3.63, 3.8) is 0 Å². The van der Waals surface area contributed by atoms with E-state index in [0.29, 0.717) is 128 Å². The maximum atomic E-state index is 13.4. The predicted octanol–water partition coefficient (Wildman–Crippen LogP) is 15.7. The van der Waals surface area contributed by atoms with Crippen LogP contribution in [-0.2, 0) is 72.8 Å². The molecule has 0 saturated heterocycles. The SMILES string of the molecule is COC(=O)CCCCN(CC(=O)c1ccccc1OCc1ccccc1)Cc1ccc(C(=O)OC)cc1.COC(=O)CCCCNCc1ccc(C(=O)OC)cc1.O=C(CBr)c1ccccc1OCc1ccccc1.O=C(O)CCCCN(CC(=O)c1ccccc1OCc1ccccc1)Cc1ccc(C(=O)O)cc1. The van der Waals surface area contributed by atoms with E-state index in [1.807, 2.05) is 168 Å². The number of aromatic carboxylic acids is 1. The molecule has 0 atom stereocenters. The van der Waals surface area contributed by atoms with E-state index < -0.39 is 17.9 Å². The molecule has 0 heterocycles. The standard InChI is InChI=1S/C30H33NO6.C28H29NO6.C15H13BrO2.C15H21NO4/c1-35-29(33)14-8-9-19-31(20-23-15-17-25(18-16-23)30(34)36-2)21-27(32)26-12-6-7-13-28(26)37-22-24-10-4-3-5-11-24;30-25(24-10-4-5-11-26(24)35-20-22-8-2-1-3-9-22)19-29(17-7-6-12-27(31)32)18-21-13-15-23(16-14-21)28(33)34;16-10-14(17)13-8-4-5-9-15(13)18-11-12-6-2-1-3-7-12;1-19-14(17)5-3-4-10-16-11-12-6-8-13(9-7-12)15(18)20-2/h3-7,10-13,15-18H,8-9,14,19-22H2,1-2H3;1-5,8-11,13-16H,6-7,12,17-20H2,(H,31,32)(H,33,34);1-9H,10-11H2;6-9,16H,3-5,10-11H2,1-2H3. The van der Waals surface area contributed by atoms with Crippen molar-refractivity contribution in [2.45, 2.75) is 97.2 Å². The Morgan fingerprint density at radius 1 is 0.355 bits per heavy atom. The number of nitrogens with zero attached hydrogens (tertiary/aromatic N) is 2. The van der Waals surface area contributed by atoms with E-state index in [-0.39, 0.29) is 60.3 Å². The fourth-order valence-corrected chi connectivity index (χ4v) is 11.2. The molecule has 22 heteroatoms. The van der Waals surface area contributed by atoms with Crippen molar-refractivity contribution in [3.05, 3.63) is 303 Å². The van der Waals surface area contributed by atoms with E-state index in [9.17, 15) is 43.2 Å². The maximum absolute atomic E-state index is 13.4. The van der Waals surface area contributed by atoms with Gasteiger partial charge in [0.15, 0.2) is 17.3 Å². The highest BCUT2D eigenvalue weighted by Gasteiger charge is 2.21. The second kappa shape index (κ2) is 50.2. The number of ether oxygens (including phenoxy) is 7. The number of halogens is 1. The minimum Gasteiger partial charge on any atom is -0.488 e. The number of alkyl halides is 1. The predicted molar refractivity (Wildman–Crippen MR) is 423 cm³/mol. The van der Waals surface area contributed by atoms with Gasteiger partial charge < -0.3 is 48.7 Å². The first-order valence-electron chi connectivity index (χ1n) is 36.0. The number of carbonyl (C=O) groups is 9. The third kappa shape index (κ3) is 33.0. The first-order chi connectivity index (χ1) is 53.4. The van der Waals surface area contributed by atoms with Gasteiger partial charge in [0.1, 0.15) is 37.1 Å². The van der Waals surface area contributed by atoms with Gasteiger partial charge in [-0.05, 0) is 164 Å². The average Bonchev–Trinajstić information content (AvgIpc) is 0.857. The van der Waals surface area contributed by atoms with Gasteiger partial charge in [-0.3, -0.25) is 38.6 Å². The zero-order valence-electron chi connectivity index (χ0n) is 62.6. The number of carbonyl (C=O) groups excluding carboxylic acids is 7. The molecule has 0 aliphatic rings. The number of carboxylic acid groups (broad SMARTS) is 2. The van der Waals surface area contributed by atoms with Crippen LogP contribution in [0.25, 0.3) is 0 Å². The van der Waals surface area contributed by atoms with Gasteiger partial charge in [-0.1, -0.05) is 180 Å². The molecule has 0 fully saturated rings. The first kappa shape index (κ1) is 87.5. The number of hydrogen-bond donors (Lipinski definition) is 3. The molecule has 0 bridgehead atoms. The fraction of sp³-hybridized carbons (Fsp3) is 0.284. The molecule has 21 nitrogen and oxygen atoms in total. The molecule has 0 aliphatic carbocycles. The first-order valence-corrected chi connectivity index (χ1v) is 37.1. The summed E-state index contributed by atoms with van der Waals surface area (Å²) in [6, 6.07) is 72.1. The molecule has 9 aromatic rings. The number of hydrogen-bond acceptors (Lipinski definition) is 19. The molecule has 0 amide bonds. The number of rotatable bonds is 41. The Labute approximate surface area is 651 Å². The number of Topliss-reactive ketones (excluding diaryl/α,β-unsaturated/α-hetero) is 3. The molecule has 110 heavy (non-hydrogen) atoms. The molecule has 0 spiro atoms. The van der Waals surface area contributed by atoms with E-state index in [2.05, 4.69) is 30.7 Å². The Morgan fingerprint density at radius 2 is 0.691 bits per heavy atom. The number of unbranched alkanes of at least 4 members (excludes halogenated alkanes) is 3. The summed E-state index contributed by atoms with van der Waals surface area (Å²) in [5, 5.41) is 21.6. The molecule has 0 radical (unpaired) electrons. The zero-order valence-corrected chi connectivity index (χ0v) is 64.2. The van der Waals surface area contributed by atoms with Crippen LogP contribution in [0.4, 0.5) is 0 Å². The maximum Gasteiger partial charge on any atom is 0.337 e. The van der Waals surface area contributed by atoms with Crippen LogP contribution in [-0.4, -0.2) is 140 Å². The van der Waals surface area contributed by atoms with E-state index in [1.54, 1.807) is 66.7 Å². The number of esters is 4. The Kier molecular flexibility index (Phi) is 40.0. The fourth-order valence-electron chi connectivity index (χ4n) is 10.9. The minimum absolute atomic E-state index is 0.0265. The molecule has 0 unspecified atom stereocenters. The molecule has 9 rings (SSSR count). The van der Waals surface area contributed by atoms with Crippen LogP contribution < -0.4 is 19.5 Å². The van der Waals surface area contributed by atoms with Crippen molar-refractivity contribution >= 4 is 69.1 Å². The van der Waals surface area contributed by atoms with Gasteiger partial charge >= 0.3 is 35.8 Å². The molecule has 578 valence electrons. The zero-order chi connectivity index (χ0) is 79.1. The monoisotopic (exact) mass is 1560 g/mol. The molecule has 9 aromatic carbocycles. The summed E-state index contributed by atoms with van der Waals surface area (Å²) in [4.78, 5) is 110. The lowest BCUT2D eigenvalue weighted by Gasteiger charge is -2.22. The molecular formula is C88H96BrN3O18. The van der Waals surface area contributed by atoms with Gasteiger partial charge in [0, 0.05) is 38.9 Å². The Morgan fingerprint density at radius 3 is 1.05 bits per heavy atom. The average molecular weight is 1560 g/mol. The largest absolute Gasteiger partial charge is 0.488 e. The Balaban J connectivity index is 0.000000239.